The molecule has 1 unspecified atom stereocenters. The summed E-state index contributed by atoms with van der Waals surface area (Å²) >= 11 is 1.40. The maximum Gasteiger partial charge on any atom is 0.340 e. The minimum Gasteiger partial charge on any atom is -0.494 e. The van der Waals surface area contributed by atoms with Crippen molar-refractivity contribution in [3.05, 3.63) is 82.2 Å². The van der Waals surface area contributed by atoms with Gasteiger partial charge in [0, 0.05) is 10.8 Å². The molecule has 0 aliphatic rings. The monoisotopic (exact) mass is 423 g/mol. The Morgan fingerprint density at radius 3 is 2.40 bits per heavy atom. The number of nitrogens with one attached hydrogen (secondary N) is 1. The van der Waals surface area contributed by atoms with Crippen LogP contribution in [0.25, 0.3) is 0 Å². The van der Waals surface area contributed by atoms with E-state index in [9.17, 15) is 9.59 Å². The third-order valence-electron chi connectivity index (χ3n) is 4.73. The van der Waals surface area contributed by atoms with E-state index in [1.807, 2.05) is 61.5 Å². The second-order valence-corrected chi connectivity index (χ2v) is 7.90. The fraction of sp³-hybridized carbons (Fsp3) is 0.250. The summed E-state index contributed by atoms with van der Waals surface area (Å²) in [5.74, 6) is 0.211. The highest BCUT2D eigenvalue weighted by Gasteiger charge is 2.21. The van der Waals surface area contributed by atoms with Crippen LogP contribution in [0.3, 0.4) is 0 Å². The van der Waals surface area contributed by atoms with E-state index in [4.69, 9.17) is 9.47 Å². The maximum atomic E-state index is 12.6. The summed E-state index contributed by atoms with van der Waals surface area (Å²) in [5.41, 5.74) is 2.38. The minimum absolute atomic E-state index is 0.0939. The molecule has 0 radical (unpaired) electrons. The topological polar surface area (TPSA) is 64.6 Å². The van der Waals surface area contributed by atoms with Crippen LogP contribution in [0.4, 0.5) is 5.00 Å². The van der Waals surface area contributed by atoms with E-state index in [0.717, 1.165) is 21.8 Å². The van der Waals surface area contributed by atoms with Crippen LogP contribution >= 0.6 is 11.3 Å². The third kappa shape index (κ3) is 5.27. The molecule has 0 bridgehead atoms. The Morgan fingerprint density at radius 2 is 1.77 bits per heavy atom. The van der Waals surface area contributed by atoms with Gasteiger partial charge >= 0.3 is 5.97 Å². The van der Waals surface area contributed by atoms with Crippen molar-refractivity contribution in [1.29, 1.82) is 0 Å². The lowest BCUT2D eigenvalue weighted by Crippen LogP contribution is -2.15. The Kier molecular flexibility index (Phi) is 7.25. The van der Waals surface area contributed by atoms with Crippen LogP contribution in [0, 0.1) is 0 Å². The first-order chi connectivity index (χ1) is 14.5. The Bertz CT molecular complexity index is 996. The van der Waals surface area contributed by atoms with E-state index in [0.29, 0.717) is 17.2 Å². The van der Waals surface area contributed by atoms with E-state index in [2.05, 4.69) is 12.2 Å². The van der Waals surface area contributed by atoms with E-state index in [-0.39, 0.29) is 18.2 Å². The summed E-state index contributed by atoms with van der Waals surface area (Å²) in [6.45, 7) is 4.60. The summed E-state index contributed by atoms with van der Waals surface area (Å²) < 4.78 is 10.3. The SMILES string of the molecule is CCOc1ccc(CC(=O)Nc2sc(C(C)c3ccccc3)cc2C(=O)OC)cc1. The quantitative estimate of drug-likeness (QED) is 0.502. The predicted octanol–water partition coefficient (Wildman–Crippen LogP) is 5.27. The number of anilines is 1. The van der Waals surface area contributed by atoms with Crippen LogP contribution in [-0.2, 0) is 16.0 Å². The van der Waals surface area contributed by atoms with Crippen molar-refractivity contribution >= 4 is 28.2 Å². The van der Waals surface area contributed by atoms with E-state index in [1.54, 1.807) is 6.07 Å². The highest BCUT2D eigenvalue weighted by atomic mass is 32.1. The molecule has 156 valence electrons. The van der Waals surface area contributed by atoms with E-state index in [1.165, 1.54) is 18.4 Å². The van der Waals surface area contributed by atoms with E-state index < -0.39 is 5.97 Å². The van der Waals surface area contributed by atoms with Crippen molar-refractivity contribution in [1.82, 2.24) is 0 Å². The molecule has 3 aromatic rings. The number of ether oxygens (including phenoxy) is 2. The highest BCUT2D eigenvalue weighted by molar-refractivity contribution is 7.16. The standard InChI is InChI=1S/C24H25NO4S/c1-4-29-19-12-10-17(11-13-19)14-22(26)25-23-20(24(27)28-3)15-21(30-23)16(2)18-8-6-5-7-9-18/h5-13,15-16H,4,14H2,1-3H3,(H,25,26). The van der Waals surface area contributed by atoms with Crippen LogP contribution in [0.2, 0.25) is 0 Å². The number of hydrogen-bond acceptors (Lipinski definition) is 5. The average Bonchev–Trinajstić information content (AvgIpc) is 3.18. The van der Waals surface area contributed by atoms with Crippen molar-refractivity contribution in [2.24, 2.45) is 0 Å². The molecule has 1 aromatic heterocycles. The van der Waals surface area contributed by atoms with Crippen LogP contribution in [0.1, 0.15) is 46.1 Å². The molecule has 0 aliphatic carbocycles. The minimum atomic E-state index is -0.464. The largest absolute Gasteiger partial charge is 0.494 e. The number of hydrogen-bond donors (Lipinski definition) is 1. The molecule has 0 spiro atoms. The summed E-state index contributed by atoms with van der Waals surface area (Å²) in [4.78, 5) is 25.9. The Balaban J connectivity index is 1.77. The first-order valence-corrected chi connectivity index (χ1v) is 10.6. The van der Waals surface area contributed by atoms with Gasteiger partial charge in [-0.3, -0.25) is 4.79 Å². The molecule has 1 N–H and O–H groups in total. The summed E-state index contributed by atoms with van der Waals surface area (Å²) in [7, 11) is 1.34. The Labute approximate surface area is 180 Å². The molecule has 1 atom stereocenters. The second kappa shape index (κ2) is 10.1. The number of carbonyl (C=O) groups is 2. The highest BCUT2D eigenvalue weighted by Crippen LogP contribution is 2.36. The molecule has 30 heavy (non-hydrogen) atoms. The van der Waals surface area contributed by atoms with Gasteiger partial charge in [0.15, 0.2) is 0 Å². The molecular formula is C24H25NO4S. The number of amides is 1. The van der Waals surface area contributed by atoms with Crippen molar-refractivity contribution in [2.75, 3.05) is 19.0 Å². The number of carbonyl (C=O) groups excluding carboxylic acids is 2. The van der Waals surface area contributed by atoms with Gasteiger partial charge in [0.1, 0.15) is 10.8 Å². The normalized spacial score (nSPS) is 11.6. The Hall–Kier alpha value is -3.12. The van der Waals surface area contributed by atoms with Crippen LogP contribution in [0.5, 0.6) is 5.75 Å². The molecule has 2 aromatic carbocycles. The van der Waals surface area contributed by atoms with Gasteiger partial charge in [0.25, 0.3) is 0 Å². The molecule has 3 rings (SSSR count). The first-order valence-electron chi connectivity index (χ1n) is 9.80. The smallest absolute Gasteiger partial charge is 0.340 e. The van der Waals surface area contributed by atoms with Gasteiger partial charge in [0.2, 0.25) is 5.91 Å². The molecule has 0 saturated heterocycles. The van der Waals surface area contributed by atoms with Crippen molar-refractivity contribution < 1.29 is 19.1 Å². The molecule has 6 heteroatoms. The molecule has 5 nitrogen and oxygen atoms in total. The zero-order valence-corrected chi connectivity index (χ0v) is 18.1. The van der Waals surface area contributed by atoms with Crippen molar-refractivity contribution in [3.8, 4) is 5.75 Å². The number of esters is 1. The van der Waals surface area contributed by atoms with Crippen LogP contribution in [0.15, 0.2) is 60.7 Å². The van der Waals surface area contributed by atoms with Crippen LogP contribution < -0.4 is 10.1 Å². The summed E-state index contributed by atoms with van der Waals surface area (Å²) in [5, 5.41) is 3.40. The fourth-order valence-electron chi connectivity index (χ4n) is 3.11. The van der Waals surface area contributed by atoms with Gasteiger partial charge in [-0.25, -0.2) is 4.79 Å². The van der Waals surface area contributed by atoms with Gasteiger partial charge in [-0.05, 0) is 36.2 Å². The zero-order chi connectivity index (χ0) is 21.5. The lowest BCUT2D eigenvalue weighted by atomic mass is 9.99. The zero-order valence-electron chi connectivity index (χ0n) is 17.3. The second-order valence-electron chi connectivity index (χ2n) is 6.82. The number of benzene rings is 2. The fourth-order valence-corrected chi connectivity index (χ4v) is 4.25. The van der Waals surface area contributed by atoms with E-state index >= 15 is 0 Å². The first kappa shape index (κ1) is 21.6. The molecule has 0 saturated carbocycles. The average molecular weight is 424 g/mol. The lowest BCUT2D eigenvalue weighted by Gasteiger charge is -2.09. The summed E-state index contributed by atoms with van der Waals surface area (Å²) in [6.07, 6.45) is 0.203. The Morgan fingerprint density at radius 1 is 1.07 bits per heavy atom. The van der Waals surface area contributed by atoms with Gasteiger partial charge in [-0.2, -0.15) is 0 Å². The van der Waals surface area contributed by atoms with Crippen molar-refractivity contribution in [2.45, 2.75) is 26.2 Å². The molecular weight excluding hydrogens is 398 g/mol. The number of thiophene rings is 1. The van der Waals surface area contributed by atoms with Crippen molar-refractivity contribution in [3.63, 3.8) is 0 Å². The summed E-state index contributed by atoms with van der Waals surface area (Å²) in [6, 6.07) is 19.3. The third-order valence-corrected chi connectivity index (χ3v) is 5.97. The number of methoxy groups -OCH3 is 1. The van der Waals surface area contributed by atoms with Gasteiger partial charge in [-0.15, -0.1) is 11.3 Å². The lowest BCUT2D eigenvalue weighted by molar-refractivity contribution is -0.115. The molecule has 1 amide bonds. The van der Waals surface area contributed by atoms with Gasteiger partial charge < -0.3 is 14.8 Å². The number of rotatable bonds is 8. The molecule has 0 aliphatic heterocycles. The molecule has 0 fully saturated rings. The van der Waals surface area contributed by atoms with Crippen LogP contribution in [-0.4, -0.2) is 25.6 Å². The van der Waals surface area contributed by atoms with Gasteiger partial charge in [0.05, 0.1) is 25.7 Å². The maximum absolute atomic E-state index is 12.6. The molecule has 1 heterocycles. The van der Waals surface area contributed by atoms with Gasteiger partial charge in [-0.1, -0.05) is 49.4 Å². The predicted molar refractivity (Wildman–Crippen MR) is 120 cm³/mol.